The predicted molar refractivity (Wildman–Crippen MR) is 78.5 cm³/mol. The van der Waals surface area contributed by atoms with Gasteiger partial charge >= 0.3 is 0 Å². The van der Waals surface area contributed by atoms with Crippen LogP contribution in [0.25, 0.3) is 0 Å². The summed E-state index contributed by atoms with van der Waals surface area (Å²) in [4.78, 5) is 11.9. The fourth-order valence-electron chi connectivity index (χ4n) is 2.19. The van der Waals surface area contributed by atoms with Gasteiger partial charge in [0, 0.05) is 13.0 Å². The van der Waals surface area contributed by atoms with E-state index in [1.54, 1.807) is 0 Å². The summed E-state index contributed by atoms with van der Waals surface area (Å²) in [6.45, 7) is 6.92. The molecule has 0 aliphatic rings. The van der Waals surface area contributed by atoms with Crippen LogP contribution in [0.1, 0.15) is 78.6 Å². The monoisotopic (exact) mass is 256 g/mol. The molecule has 0 fully saturated rings. The molecule has 0 saturated heterocycles. The summed E-state index contributed by atoms with van der Waals surface area (Å²) in [5.41, 5.74) is 5.59. The van der Waals surface area contributed by atoms with Gasteiger partial charge in [-0.3, -0.25) is 4.79 Å². The molecule has 0 saturated carbocycles. The van der Waals surface area contributed by atoms with Gasteiger partial charge in [-0.25, -0.2) is 0 Å². The third-order valence-corrected chi connectivity index (χ3v) is 3.91. The van der Waals surface area contributed by atoms with Crippen molar-refractivity contribution in [3.8, 4) is 0 Å². The first-order valence-corrected chi connectivity index (χ1v) is 7.65. The topological polar surface area (TPSA) is 55.1 Å². The number of unbranched alkanes of at least 4 members (excludes halogenated alkanes) is 5. The highest BCUT2D eigenvalue weighted by molar-refractivity contribution is 5.76. The van der Waals surface area contributed by atoms with Gasteiger partial charge in [-0.2, -0.15) is 0 Å². The molecule has 0 aromatic rings. The molecule has 0 heterocycles. The van der Waals surface area contributed by atoms with Gasteiger partial charge in [-0.15, -0.1) is 0 Å². The zero-order valence-corrected chi connectivity index (χ0v) is 12.6. The predicted octanol–water partition coefficient (Wildman–Crippen LogP) is 3.37. The molecule has 0 spiro atoms. The molecule has 0 rings (SSSR count). The lowest BCUT2D eigenvalue weighted by Gasteiger charge is -2.31. The number of nitrogens with one attached hydrogen (secondary N) is 1. The summed E-state index contributed by atoms with van der Waals surface area (Å²) in [6.07, 6.45) is 9.77. The molecular weight excluding hydrogens is 224 g/mol. The van der Waals surface area contributed by atoms with Crippen molar-refractivity contribution in [1.82, 2.24) is 5.32 Å². The molecule has 0 bridgehead atoms. The van der Waals surface area contributed by atoms with Crippen molar-refractivity contribution in [2.24, 2.45) is 5.73 Å². The van der Waals surface area contributed by atoms with Crippen LogP contribution in [0.2, 0.25) is 0 Å². The standard InChI is InChI=1S/C15H32N2O/c1-4-7-8-9-10-11-12-14(18)17-15(5-2,6-3)13-16/h4-13,16H2,1-3H3,(H,17,18). The van der Waals surface area contributed by atoms with Crippen LogP contribution in [-0.4, -0.2) is 18.0 Å². The molecule has 108 valence electrons. The second kappa shape index (κ2) is 10.4. The summed E-state index contributed by atoms with van der Waals surface area (Å²) in [5, 5.41) is 3.12. The summed E-state index contributed by atoms with van der Waals surface area (Å²) < 4.78 is 0. The van der Waals surface area contributed by atoms with Crippen LogP contribution in [0.3, 0.4) is 0 Å². The molecule has 0 aromatic carbocycles. The molecule has 0 aliphatic heterocycles. The fourth-order valence-corrected chi connectivity index (χ4v) is 2.19. The van der Waals surface area contributed by atoms with Gasteiger partial charge in [0.1, 0.15) is 0 Å². The first-order chi connectivity index (χ1) is 8.64. The minimum absolute atomic E-state index is 0.166. The fraction of sp³-hybridized carbons (Fsp3) is 0.933. The number of hydrogen-bond acceptors (Lipinski definition) is 2. The Bertz CT molecular complexity index is 204. The SMILES string of the molecule is CCCCCCCCC(=O)NC(CC)(CC)CN. The largest absolute Gasteiger partial charge is 0.349 e. The minimum atomic E-state index is -0.181. The maximum absolute atomic E-state index is 11.9. The van der Waals surface area contributed by atoms with Crippen LogP contribution in [-0.2, 0) is 4.79 Å². The molecular formula is C15H32N2O. The van der Waals surface area contributed by atoms with Crippen LogP contribution in [0.4, 0.5) is 0 Å². The van der Waals surface area contributed by atoms with E-state index in [1.807, 2.05) is 0 Å². The quantitative estimate of drug-likeness (QED) is 0.557. The molecule has 3 N–H and O–H groups in total. The van der Waals surface area contributed by atoms with Crippen LogP contribution in [0.15, 0.2) is 0 Å². The maximum atomic E-state index is 11.9. The lowest BCUT2D eigenvalue weighted by molar-refractivity contribution is -0.123. The van der Waals surface area contributed by atoms with Crippen molar-refractivity contribution in [1.29, 1.82) is 0 Å². The second-order valence-electron chi connectivity index (χ2n) is 5.26. The van der Waals surface area contributed by atoms with Crippen LogP contribution >= 0.6 is 0 Å². The van der Waals surface area contributed by atoms with E-state index >= 15 is 0 Å². The van der Waals surface area contributed by atoms with E-state index < -0.39 is 0 Å². The van der Waals surface area contributed by atoms with Crippen molar-refractivity contribution >= 4 is 5.91 Å². The summed E-state index contributed by atoms with van der Waals surface area (Å²) in [7, 11) is 0. The van der Waals surface area contributed by atoms with E-state index in [0.29, 0.717) is 13.0 Å². The molecule has 0 unspecified atom stereocenters. The van der Waals surface area contributed by atoms with Gasteiger partial charge in [0.25, 0.3) is 0 Å². The molecule has 18 heavy (non-hydrogen) atoms. The lowest BCUT2D eigenvalue weighted by Crippen LogP contribution is -2.52. The van der Waals surface area contributed by atoms with Gasteiger partial charge in [-0.1, -0.05) is 52.9 Å². The number of amides is 1. The summed E-state index contributed by atoms with van der Waals surface area (Å²) in [6, 6.07) is 0. The number of carbonyl (C=O) groups is 1. The lowest BCUT2D eigenvalue weighted by atomic mass is 9.92. The van der Waals surface area contributed by atoms with Crippen molar-refractivity contribution in [2.45, 2.75) is 84.1 Å². The zero-order valence-electron chi connectivity index (χ0n) is 12.6. The normalized spacial score (nSPS) is 11.6. The van der Waals surface area contributed by atoms with E-state index in [-0.39, 0.29) is 11.4 Å². The van der Waals surface area contributed by atoms with Crippen molar-refractivity contribution in [2.75, 3.05) is 6.54 Å². The summed E-state index contributed by atoms with van der Waals surface area (Å²) >= 11 is 0. The van der Waals surface area contributed by atoms with Gasteiger partial charge in [0.05, 0.1) is 5.54 Å². The van der Waals surface area contributed by atoms with E-state index in [1.165, 1.54) is 32.1 Å². The highest BCUT2D eigenvalue weighted by Gasteiger charge is 2.25. The van der Waals surface area contributed by atoms with Crippen molar-refractivity contribution < 1.29 is 4.79 Å². The first kappa shape index (κ1) is 17.4. The third-order valence-electron chi connectivity index (χ3n) is 3.91. The Morgan fingerprint density at radius 3 is 2.06 bits per heavy atom. The molecule has 1 amide bonds. The third kappa shape index (κ3) is 7.00. The number of rotatable bonds is 11. The van der Waals surface area contributed by atoms with E-state index in [0.717, 1.165) is 19.3 Å². The highest BCUT2D eigenvalue weighted by Crippen LogP contribution is 2.14. The van der Waals surface area contributed by atoms with E-state index in [9.17, 15) is 4.79 Å². The Hall–Kier alpha value is -0.570. The van der Waals surface area contributed by atoms with Crippen LogP contribution in [0, 0.1) is 0 Å². The molecule has 0 aromatic heterocycles. The Balaban J connectivity index is 3.76. The average molecular weight is 256 g/mol. The number of carbonyl (C=O) groups excluding carboxylic acids is 1. The number of hydrogen-bond donors (Lipinski definition) is 2. The van der Waals surface area contributed by atoms with Crippen LogP contribution in [0.5, 0.6) is 0 Å². The van der Waals surface area contributed by atoms with E-state index in [2.05, 4.69) is 26.1 Å². The highest BCUT2D eigenvalue weighted by atomic mass is 16.1. The smallest absolute Gasteiger partial charge is 0.220 e. The van der Waals surface area contributed by atoms with Gasteiger partial charge < -0.3 is 11.1 Å². The number of nitrogens with two attached hydrogens (primary N) is 1. The Morgan fingerprint density at radius 1 is 1.00 bits per heavy atom. The average Bonchev–Trinajstić information content (AvgIpc) is 2.40. The molecule has 3 heteroatoms. The maximum Gasteiger partial charge on any atom is 0.220 e. The van der Waals surface area contributed by atoms with Gasteiger partial charge in [0.2, 0.25) is 5.91 Å². The molecule has 0 aliphatic carbocycles. The zero-order chi connectivity index (χ0) is 13.9. The second-order valence-corrected chi connectivity index (χ2v) is 5.26. The van der Waals surface area contributed by atoms with Gasteiger partial charge in [-0.05, 0) is 19.3 Å². The first-order valence-electron chi connectivity index (χ1n) is 7.65. The van der Waals surface area contributed by atoms with Gasteiger partial charge in [0.15, 0.2) is 0 Å². The molecule has 0 radical (unpaired) electrons. The summed E-state index contributed by atoms with van der Waals surface area (Å²) in [5.74, 6) is 0.166. The molecule has 0 atom stereocenters. The Morgan fingerprint density at radius 2 is 1.56 bits per heavy atom. The molecule has 3 nitrogen and oxygen atoms in total. The Labute approximate surface area is 113 Å². The Kier molecular flexibility index (Phi) is 10.0. The van der Waals surface area contributed by atoms with E-state index in [4.69, 9.17) is 5.73 Å². The van der Waals surface area contributed by atoms with Crippen molar-refractivity contribution in [3.63, 3.8) is 0 Å². The van der Waals surface area contributed by atoms with Crippen molar-refractivity contribution in [3.05, 3.63) is 0 Å². The minimum Gasteiger partial charge on any atom is -0.349 e. The van der Waals surface area contributed by atoms with Crippen LogP contribution < -0.4 is 11.1 Å².